The van der Waals surface area contributed by atoms with Crippen LogP contribution in [0.2, 0.25) is 0 Å². The molecule has 1 aromatic carbocycles. The lowest BCUT2D eigenvalue weighted by atomic mass is 10.1. The number of anilines is 1. The Morgan fingerprint density at radius 1 is 1.32 bits per heavy atom. The standard InChI is InChI=1S/C18H20N6O/c1-11-21-13-6-5-12(8-14(13)22-11)18(25)24-7-3-4-16(24)15-9-20-10-17(19-2)23-15/h5-6,8-10,16H,3-4,7H2,1-2H3,(H,19,23)(H,21,22)/t16-/m0/s1. The van der Waals surface area contributed by atoms with Gasteiger partial charge in [-0.1, -0.05) is 0 Å². The zero-order valence-electron chi connectivity index (χ0n) is 14.3. The number of carbonyl (C=O) groups is 1. The normalized spacial score (nSPS) is 17.2. The molecule has 1 aliphatic rings. The van der Waals surface area contributed by atoms with Crippen LogP contribution in [0.3, 0.4) is 0 Å². The fourth-order valence-corrected chi connectivity index (χ4v) is 3.42. The number of amides is 1. The number of likely N-dealkylation sites (tertiary alicyclic amines) is 1. The van der Waals surface area contributed by atoms with E-state index < -0.39 is 0 Å². The second kappa shape index (κ2) is 6.16. The van der Waals surface area contributed by atoms with Crippen molar-refractivity contribution < 1.29 is 4.79 Å². The number of fused-ring (bicyclic) bond motifs is 1. The molecule has 1 amide bonds. The summed E-state index contributed by atoms with van der Waals surface area (Å²) in [4.78, 5) is 31.3. The highest BCUT2D eigenvalue weighted by Gasteiger charge is 2.32. The summed E-state index contributed by atoms with van der Waals surface area (Å²) in [6.07, 6.45) is 5.30. The van der Waals surface area contributed by atoms with Crippen molar-refractivity contribution in [3.63, 3.8) is 0 Å². The van der Waals surface area contributed by atoms with Crippen molar-refractivity contribution in [2.45, 2.75) is 25.8 Å². The molecule has 0 bridgehead atoms. The number of benzene rings is 1. The first-order chi connectivity index (χ1) is 12.2. The van der Waals surface area contributed by atoms with E-state index in [0.29, 0.717) is 11.4 Å². The van der Waals surface area contributed by atoms with Gasteiger partial charge in [0.15, 0.2) is 0 Å². The maximum atomic E-state index is 13.1. The second-order valence-corrected chi connectivity index (χ2v) is 6.29. The molecular formula is C18H20N6O. The van der Waals surface area contributed by atoms with Crippen LogP contribution in [-0.4, -0.2) is 44.3 Å². The van der Waals surface area contributed by atoms with Crippen molar-refractivity contribution in [2.75, 3.05) is 18.9 Å². The molecule has 7 nitrogen and oxygen atoms in total. The first-order valence-electron chi connectivity index (χ1n) is 8.43. The maximum absolute atomic E-state index is 13.1. The van der Waals surface area contributed by atoms with Gasteiger partial charge in [0.1, 0.15) is 11.6 Å². The summed E-state index contributed by atoms with van der Waals surface area (Å²) in [5, 5.41) is 3.00. The van der Waals surface area contributed by atoms with E-state index in [9.17, 15) is 4.79 Å². The Kier molecular flexibility index (Phi) is 3.83. The van der Waals surface area contributed by atoms with Gasteiger partial charge < -0.3 is 15.2 Å². The molecule has 2 N–H and O–H groups in total. The van der Waals surface area contributed by atoms with Gasteiger partial charge >= 0.3 is 0 Å². The van der Waals surface area contributed by atoms with Crippen LogP contribution in [0.1, 0.15) is 40.8 Å². The van der Waals surface area contributed by atoms with E-state index in [1.54, 1.807) is 12.4 Å². The Morgan fingerprint density at radius 3 is 3.04 bits per heavy atom. The molecule has 0 radical (unpaired) electrons. The van der Waals surface area contributed by atoms with E-state index in [1.807, 2.05) is 37.1 Å². The molecular weight excluding hydrogens is 316 g/mol. The fourth-order valence-electron chi connectivity index (χ4n) is 3.42. The van der Waals surface area contributed by atoms with Crippen molar-refractivity contribution in [2.24, 2.45) is 0 Å². The summed E-state index contributed by atoms with van der Waals surface area (Å²) < 4.78 is 0. The number of hydrogen-bond donors (Lipinski definition) is 2. The Hall–Kier alpha value is -2.96. The van der Waals surface area contributed by atoms with Crippen LogP contribution in [0.5, 0.6) is 0 Å². The predicted molar refractivity (Wildman–Crippen MR) is 95.4 cm³/mol. The number of hydrogen-bond acceptors (Lipinski definition) is 5. The minimum atomic E-state index is -0.0347. The molecule has 3 aromatic rings. The number of rotatable bonds is 3. The molecule has 7 heteroatoms. The van der Waals surface area contributed by atoms with Crippen LogP contribution in [0.4, 0.5) is 5.82 Å². The Labute approximate surface area is 145 Å². The lowest BCUT2D eigenvalue weighted by molar-refractivity contribution is 0.0733. The molecule has 0 unspecified atom stereocenters. The maximum Gasteiger partial charge on any atom is 0.254 e. The number of aryl methyl sites for hydroxylation is 1. The van der Waals surface area contributed by atoms with Crippen molar-refractivity contribution >= 4 is 22.8 Å². The zero-order valence-corrected chi connectivity index (χ0v) is 14.3. The average Bonchev–Trinajstić information content (AvgIpc) is 3.26. The number of aromatic nitrogens is 4. The number of H-pyrrole nitrogens is 1. The minimum absolute atomic E-state index is 0.0216. The van der Waals surface area contributed by atoms with E-state index in [4.69, 9.17) is 0 Å². The Bertz CT molecular complexity index is 934. The lowest BCUT2D eigenvalue weighted by Crippen LogP contribution is -2.31. The summed E-state index contributed by atoms with van der Waals surface area (Å²) in [6, 6.07) is 5.57. The van der Waals surface area contributed by atoms with E-state index in [-0.39, 0.29) is 11.9 Å². The first kappa shape index (κ1) is 15.6. The highest BCUT2D eigenvalue weighted by atomic mass is 16.2. The molecule has 0 aliphatic carbocycles. The van der Waals surface area contributed by atoms with Crippen molar-refractivity contribution in [3.05, 3.63) is 47.7 Å². The second-order valence-electron chi connectivity index (χ2n) is 6.29. The molecule has 128 valence electrons. The van der Waals surface area contributed by atoms with Crippen LogP contribution >= 0.6 is 0 Å². The topological polar surface area (TPSA) is 86.8 Å². The van der Waals surface area contributed by atoms with Gasteiger partial charge in [-0.3, -0.25) is 9.78 Å². The van der Waals surface area contributed by atoms with E-state index in [2.05, 4.69) is 25.3 Å². The molecule has 1 saturated heterocycles. The van der Waals surface area contributed by atoms with Gasteiger partial charge in [-0.2, -0.15) is 0 Å². The quantitative estimate of drug-likeness (QED) is 0.768. The minimum Gasteiger partial charge on any atom is -0.372 e. The van der Waals surface area contributed by atoms with Crippen LogP contribution in [0, 0.1) is 6.92 Å². The van der Waals surface area contributed by atoms with Gasteiger partial charge in [0.05, 0.1) is 35.2 Å². The monoisotopic (exact) mass is 336 g/mol. The lowest BCUT2D eigenvalue weighted by Gasteiger charge is -2.24. The van der Waals surface area contributed by atoms with Crippen LogP contribution in [0.15, 0.2) is 30.6 Å². The number of nitrogens with zero attached hydrogens (tertiary/aromatic N) is 4. The summed E-state index contributed by atoms with van der Waals surface area (Å²) in [6.45, 7) is 2.64. The SMILES string of the molecule is CNc1cncc([C@@H]2CCCN2C(=O)c2ccc3nc(C)[nH]c3c2)n1. The van der Waals surface area contributed by atoms with E-state index >= 15 is 0 Å². The van der Waals surface area contributed by atoms with Crippen LogP contribution in [-0.2, 0) is 0 Å². The van der Waals surface area contributed by atoms with Gasteiger partial charge in [-0.05, 0) is 38.0 Å². The number of carbonyl (C=O) groups excluding carboxylic acids is 1. The van der Waals surface area contributed by atoms with Crippen LogP contribution < -0.4 is 5.32 Å². The molecule has 0 spiro atoms. The zero-order chi connectivity index (χ0) is 17.4. The highest BCUT2D eigenvalue weighted by molar-refractivity contribution is 5.97. The third-order valence-electron chi connectivity index (χ3n) is 4.61. The molecule has 4 rings (SSSR count). The summed E-state index contributed by atoms with van der Waals surface area (Å²) in [7, 11) is 1.81. The van der Waals surface area contributed by atoms with Gasteiger partial charge in [0.2, 0.25) is 0 Å². The van der Waals surface area contributed by atoms with Crippen LogP contribution in [0.25, 0.3) is 11.0 Å². The van der Waals surface area contributed by atoms with Gasteiger partial charge in [0, 0.05) is 19.2 Å². The molecule has 25 heavy (non-hydrogen) atoms. The smallest absolute Gasteiger partial charge is 0.254 e. The Morgan fingerprint density at radius 2 is 2.20 bits per heavy atom. The van der Waals surface area contributed by atoms with E-state index in [0.717, 1.165) is 41.9 Å². The first-order valence-corrected chi connectivity index (χ1v) is 8.43. The third kappa shape index (κ3) is 2.82. The summed E-state index contributed by atoms with van der Waals surface area (Å²) in [5.41, 5.74) is 3.26. The number of imidazole rings is 1. The summed E-state index contributed by atoms with van der Waals surface area (Å²) >= 11 is 0. The fraction of sp³-hybridized carbons (Fsp3) is 0.333. The van der Waals surface area contributed by atoms with E-state index in [1.165, 1.54) is 0 Å². The largest absolute Gasteiger partial charge is 0.372 e. The average molecular weight is 336 g/mol. The van der Waals surface area contributed by atoms with Gasteiger partial charge in [0.25, 0.3) is 5.91 Å². The molecule has 2 aromatic heterocycles. The molecule has 1 fully saturated rings. The van der Waals surface area contributed by atoms with Crippen molar-refractivity contribution in [3.8, 4) is 0 Å². The molecule has 3 heterocycles. The summed E-state index contributed by atoms with van der Waals surface area (Å²) in [5.74, 6) is 1.58. The van der Waals surface area contributed by atoms with Crippen molar-refractivity contribution in [1.82, 2.24) is 24.8 Å². The number of nitrogens with one attached hydrogen (secondary N) is 2. The molecule has 0 saturated carbocycles. The molecule has 1 aliphatic heterocycles. The predicted octanol–water partition coefficient (Wildman–Crippen LogP) is 2.68. The molecule has 1 atom stereocenters. The third-order valence-corrected chi connectivity index (χ3v) is 4.61. The Balaban J connectivity index is 1.65. The highest BCUT2D eigenvalue weighted by Crippen LogP contribution is 2.32. The van der Waals surface area contributed by atoms with Gasteiger partial charge in [-0.25, -0.2) is 9.97 Å². The van der Waals surface area contributed by atoms with Gasteiger partial charge in [-0.15, -0.1) is 0 Å². The number of aromatic amines is 1. The van der Waals surface area contributed by atoms with Crippen molar-refractivity contribution in [1.29, 1.82) is 0 Å².